The van der Waals surface area contributed by atoms with Crippen LogP contribution < -0.4 is 10.6 Å². The number of hydrogen-bond donors (Lipinski definition) is 2. The SMILES string of the molecule is CN=C(NCCCOCCOC)NCC(C)c1c(Cl)cccc1Cl.I. The lowest BCUT2D eigenvalue weighted by atomic mass is 10.0. The number of ether oxygens (including phenoxy) is 2. The Labute approximate surface area is 177 Å². The molecule has 0 aromatic heterocycles. The molecule has 1 aromatic carbocycles. The fourth-order valence-electron chi connectivity index (χ4n) is 2.18. The Kier molecular flexibility index (Phi) is 14.7. The quantitative estimate of drug-likeness (QED) is 0.220. The van der Waals surface area contributed by atoms with Crippen molar-refractivity contribution in [3.8, 4) is 0 Å². The summed E-state index contributed by atoms with van der Waals surface area (Å²) in [5.74, 6) is 0.920. The van der Waals surface area contributed by atoms with Crippen molar-refractivity contribution in [3.63, 3.8) is 0 Å². The fourth-order valence-corrected chi connectivity index (χ4v) is 2.95. The molecule has 1 atom stereocenters. The molecule has 144 valence electrons. The van der Waals surface area contributed by atoms with Crippen LogP contribution in [0.1, 0.15) is 24.8 Å². The largest absolute Gasteiger partial charge is 0.382 e. The Bertz CT molecular complexity index is 498. The van der Waals surface area contributed by atoms with Crippen LogP contribution in [0.4, 0.5) is 0 Å². The van der Waals surface area contributed by atoms with Crippen molar-refractivity contribution in [2.75, 3.05) is 47.1 Å². The highest BCUT2D eigenvalue weighted by Crippen LogP contribution is 2.30. The number of aliphatic imine (C=N–C) groups is 1. The van der Waals surface area contributed by atoms with Crippen molar-refractivity contribution in [1.29, 1.82) is 0 Å². The Morgan fingerprint density at radius 2 is 1.84 bits per heavy atom. The zero-order valence-electron chi connectivity index (χ0n) is 15.0. The van der Waals surface area contributed by atoms with E-state index < -0.39 is 0 Å². The maximum absolute atomic E-state index is 6.25. The average Bonchev–Trinajstić information content (AvgIpc) is 2.56. The molecule has 0 aliphatic rings. The standard InChI is InChI=1S/C17H27Cl2N3O2.HI/c1-13(16-14(18)6-4-7-15(16)19)12-22-17(20-2)21-8-5-9-24-11-10-23-3;/h4,6-7,13H,5,8-12H2,1-3H3,(H2,20,21,22);1H. The molecule has 0 saturated heterocycles. The highest BCUT2D eigenvalue weighted by atomic mass is 127. The average molecular weight is 504 g/mol. The minimum Gasteiger partial charge on any atom is -0.382 e. The topological polar surface area (TPSA) is 54.9 Å². The second kappa shape index (κ2) is 14.8. The van der Waals surface area contributed by atoms with E-state index in [1.807, 2.05) is 18.2 Å². The van der Waals surface area contributed by atoms with E-state index in [9.17, 15) is 0 Å². The summed E-state index contributed by atoms with van der Waals surface area (Å²) in [5, 5.41) is 7.93. The third-order valence-corrected chi connectivity index (χ3v) is 4.14. The second-order valence-electron chi connectivity index (χ2n) is 5.37. The van der Waals surface area contributed by atoms with Gasteiger partial charge in [0.05, 0.1) is 13.2 Å². The number of benzene rings is 1. The first kappa shape index (κ1) is 24.7. The third-order valence-electron chi connectivity index (χ3n) is 3.48. The van der Waals surface area contributed by atoms with Crippen molar-refractivity contribution in [2.24, 2.45) is 4.99 Å². The molecule has 0 amide bonds. The van der Waals surface area contributed by atoms with Gasteiger partial charge < -0.3 is 20.1 Å². The number of hydrogen-bond acceptors (Lipinski definition) is 3. The summed E-state index contributed by atoms with van der Waals surface area (Å²) in [6.45, 7) is 5.50. The highest BCUT2D eigenvalue weighted by Gasteiger charge is 2.13. The van der Waals surface area contributed by atoms with Crippen molar-refractivity contribution in [3.05, 3.63) is 33.8 Å². The molecule has 5 nitrogen and oxygen atoms in total. The van der Waals surface area contributed by atoms with Gasteiger partial charge in [-0.1, -0.05) is 36.2 Å². The molecule has 25 heavy (non-hydrogen) atoms. The molecule has 1 rings (SSSR count). The molecule has 0 heterocycles. The van der Waals surface area contributed by atoms with E-state index in [4.69, 9.17) is 32.7 Å². The predicted octanol–water partition coefficient (Wildman–Crippen LogP) is 3.93. The Morgan fingerprint density at radius 3 is 2.44 bits per heavy atom. The number of nitrogens with one attached hydrogen (secondary N) is 2. The van der Waals surface area contributed by atoms with Crippen molar-refractivity contribution < 1.29 is 9.47 Å². The maximum atomic E-state index is 6.25. The van der Waals surface area contributed by atoms with Gasteiger partial charge in [-0.25, -0.2) is 0 Å². The minimum absolute atomic E-state index is 0. The second-order valence-corrected chi connectivity index (χ2v) is 6.19. The predicted molar refractivity (Wildman–Crippen MR) is 117 cm³/mol. The summed E-state index contributed by atoms with van der Waals surface area (Å²) in [7, 11) is 3.41. The van der Waals surface area contributed by atoms with Gasteiger partial charge in [-0.2, -0.15) is 0 Å². The first-order chi connectivity index (χ1) is 11.6. The van der Waals surface area contributed by atoms with Crippen LogP contribution in [-0.4, -0.2) is 53.0 Å². The normalized spacial score (nSPS) is 12.4. The van der Waals surface area contributed by atoms with Gasteiger partial charge in [-0.15, -0.1) is 24.0 Å². The molecule has 0 aliphatic heterocycles. The molecule has 0 bridgehead atoms. The summed E-state index contributed by atoms with van der Waals surface area (Å²) in [6, 6.07) is 5.56. The molecule has 0 radical (unpaired) electrons. The minimum atomic E-state index is 0. The number of nitrogens with zero attached hydrogens (tertiary/aromatic N) is 1. The Balaban J connectivity index is 0.00000576. The van der Waals surface area contributed by atoms with E-state index in [0.717, 1.165) is 24.5 Å². The van der Waals surface area contributed by atoms with Gasteiger partial charge >= 0.3 is 0 Å². The van der Waals surface area contributed by atoms with E-state index in [1.54, 1.807) is 14.2 Å². The van der Waals surface area contributed by atoms with E-state index in [2.05, 4.69) is 22.5 Å². The number of rotatable bonds is 10. The lowest BCUT2D eigenvalue weighted by Gasteiger charge is -2.18. The van der Waals surface area contributed by atoms with Gasteiger partial charge in [0.25, 0.3) is 0 Å². The molecule has 0 fully saturated rings. The van der Waals surface area contributed by atoms with Crippen LogP contribution in [0.5, 0.6) is 0 Å². The van der Waals surface area contributed by atoms with Crippen molar-refractivity contribution in [1.82, 2.24) is 10.6 Å². The smallest absolute Gasteiger partial charge is 0.190 e. The Hall–Kier alpha value is -0.280. The lowest BCUT2D eigenvalue weighted by Crippen LogP contribution is -2.39. The van der Waals surface area contributed by atoms with Gasteiger partial charge in [0.1, 0.15) is 0 Å². The first-order valence-electron chi connectivity index (χ1n) is 8.05. The summed E-state index contributed by atoms with van der Waals surface area (Å²) < 4.78 is 10.3. The molecule has 0 spiro atoms. The molecule has 8 heteroatoms. The molecule has 0 aliphatic carbocycles. The van der Waals surface area contributed by atoms with E-state index in [0.29, 0.717) is 36.4 Å². The summed E-state index contributed by atoms with van der Waals surface area (Å²) in [5.41, 5.74) is 0.954. The van der Waals surface area contributed by atoms with Crippen molar-refractivity contribution in [2.45, 2.75) is 19.3 Å². The third kappa shape index (κ3) is 9.84. The maximum Gasteiger partial charge on any atom is 0.190 e. The zero-order chi connectivity index (χ0) is 17.8. The van der Waals surface area contributed by atoms with Crippen LogP contribution in [0.2, 0.25) is 10.0 Å². The van der Waals surface area contributed by atoms with E-state index in [1.165, 1.54) is 0 Å². The van der Waals surface area contributed by atoms with Crippen LogP contribution in [0.25, 0.3) is 0 Å². The number of guanidine groups is 1. The molecule has 2 N–H and O–H groups in total. The van der Waals surface area contributed by atoms with Crippen LogP contribution >= 0.6 is 47.2 Å². The van der Waals surface area contributed by atoms with Crippen LogP contribution in [-0.2, 0) is 9.47 Å². The van der Waals surface area contributed by atoms with Gasteiger partial charge in [0, 0.05) is 49.8 Å². The van der Waals surface area contributed by atoms with Crippen molar-refractivity contribution >= 4 is 53.1 Å². The van der Waals surface area contributed by atoms with E-state index in [-0.39, 0.29) is 29.9 Å². The summed E-state index contributed by atoms with van der Waals surface area (Å²) >= 11 is 12.5. The van der Waals surface area contributed by atoms with E-state index >= 15 is 0 Å². The highest BCUT2D eigenvalue weighted by molar-refractivity contribution is 14.0. The van der Waals surface area contributed by atoms with Crippen LogP contribution in [0.3, 0.4) is 0 Å². The van der Waals surface area contributed by atoms with Gasteiger partial charge in [-0.05, 0) is 24.1 Å². The summed E-state index contributed by atoms with van der Waals surface area (Å²) in [6.07, 6.45) is 0.899. The zero-order valence-corrected chi connectivity index (χ0v) is 18.8. The molecule has 1 aromatic rings. The molecular weight excluding hydrogens is 476 g/mol. The van der Waals surface area contributed by atoms with Gasteiger partial charge in [0.2, 0.25) is 0 Å². The first-order valence-corrected chi connectivity index (χ1v) is 8.80. The lowest BCUT2D eigenvalue weighted by molar-refractivity contribution is 0.0698. The number of halogens is 3. The number of methoxy groups -OCH3 is 1. The fraction of sp³-hybridized carbons (Fsp3) is 0.588. The summed E-state index contributed by atoms with van der Waals surface area (Å²) in [4.78, 5) is 4.21. The molecule has 1 unspecified atom stereocenters. The van der Waals surface area contributed by atoms with Crippen LogP contribution in [0.15, 0.2) is 23.2 Å². The van der Waals surface area contributed by atoms with Crippen LogP contribution in [0, 0.1) is 0 Å². The Morgan fingerprint density at radius 1 is 1.16 bits per heavy atom. The van der Waals surface area contributed by atoms with Gasteiger partial charge in [-0.3, -0.25) is 4.99 Å². The molecule has 0 saturated carbocycles. The molecular formula is C17H28Cl2IN3O2. The van der Waals surface area contributed by atoms with Gasteiger partial charge in [0.15, 0.2) is 5.96 Å². The monoisotopic (exact) mass is 503 g/mol.